The molecule has 94 valence electrons. The van der Waals surface area contributed by atoms with Crippen molar-refractivity contribution in [2.45, 2.75) is 13.0 Å². The van der Waals surface area contributed by atoms with Gasteiger partial charge in [-0.25, -0.2) is 4.39 Å². The Labute approximate surface area is 98.4 Å². The predicted molar refractivity (Wildman–Crippen MR) is 59.4 cm³/mol. The number of amides is 1. The number of nitrogens with one attached hydrogen (secondary N) is 1. The van der Waals surface area contributed by atoms with Crippen molar-refractivity contribution in [3.63, 3.8) is 0 Å². The van der Waals surface area contributed by atoms with Crippen LogP contribution in [0.2, 0.25) is 0 Å². The van der Waals surface area contributed by atoms with E-state index in [1.807, 2.05) is 0 Å². The third kappa shape index (κ3) is 4.92. The van der Waals surface area contributed by atoms with E-state index < -0.39 is 33.6 Å². The highest BCUT2D eigenvalue weighted by Gasteiger charge is 2.20. The first-order valence-electron chi connectivity index (χ1n) is 4.75. The van der Waals surface area contributed by atoms with Gasteiger partial charge in [-0.15, -0.1) is 0 Å². The largest absolute Gasteiger partial charge is 0.348 e. The van der Waals surface area contributed by atoms with Crippen LogP contribution in [0.4, 0.5) is 4.39 Å². The minimum atomic E-state index is -4.27. The van der Waals surface area contributed by atoms with Crippen LogP contribution in [-0.2, 0) is 14.9 Å². The zero-order valence-electron chi connectivity index (χ0n) is 9.05. The summed E-state index contributed by atoms with van der Waals surface area (Å²) in [6.45, 7) is 1.20. The first-order valence-corrected chi connectivity index (χ1v) is 6.36. The molecule has 1 aromatic carbocycles. The van der Waals surface area contributed by atoms with Gasteiger partial charge in [-0.3, -0.25) is 9.35 Å². The van der Waals surface area contributed by atoms with E-state index in [1.165, 1.54) is 25.1 Å². The van der Waals surface area contributed by atoms with E-state index in [1.54, 1.807) is 0 Å². The summed E-state index contributed by atoms with van der Waals surface area (Å²) in [7, 11) is -4.27. The summed E-state index contributed by atoms with van der Waals surface area (Å²) < 4.78 is 43.3. The zero-order valence-corrected chi connectivity index (χ0v) is 9.87. The molecule has 0 saturated carbocycles. The van der Waals surface area contributed by atoms with Gasteiger partial charge in [-0.1, -0.05) is 12.1 Å². The smallest absolute Gasteiger partial charge is 0.267 e. The molecule has 1 unspecified atom stereocenters. The summed E-state index contributed by atoms with van der Waals surface area (Å²) in [5.41, 5.74) is 0.276. The highest BCUT2D eigenvalue weighted by atomic mass is 32.2. The molecule has 5 nitrogen and oxygen atoms in total. The number of benzene rings is 1. The molecule has 0 aliphatic carbocycles. The fourth-order valence-electron chi connectivity index (χ4n) is 1.40. The fraction of sp³-hybridized carbons (Fsp3) is 0.300. The third-order valence-corrected chi connectivity index (χ3v) is 2.76. The van der Waals surface area contributed by atoms with Crippen LogP contribution in [0.15, 0.2) is 24.3 Å². The van der Waals surface area contributed by atoms with Gasteiger partial charge in [-0.2, -0.15) is 8.42 Å². The first kappa shape index (κ1) is 13.6. The molecular formula is C10H12FNO4S. The normalized spacial score (nSPS) is 13.1. The molecule has 7 heteroatoms. The van der Waals surface area contributed by atoms with Crippen LogP contribution >= 0.6 is 0 Å². The summed E-state index contributed by atoms with van der Waals surface area (Å²) in [5.74, 6) is -1.72. The van der Waals surface area contributed by atoms with E-state index in [2.05, 4.69) is 5.32 Å². The number of halogens is 1. The molecule has 1 rings (SSSR count). The lowest BCUT2D eigenvalue weighted by atomic mass is 10.1. The van der Waals surface area contributed by atoms with Crippen molar-refractivity contribution in [2.75, 3.05) is 5.75 Å². The average molecular weight is 261 g/mol. The van der Waals surface area contributed by atoms with E-state index in [-0.39, 0.29) is 5.56 Å². The molecule has 1 atom stereocenters. The number of carbonyl (C=O) groups excluding carboxylic acids is 1. The molecule has 0 spiro atoms. The van der Waals surface area contributed by atoms with E-state index in [4.69, 9.17) is 4.55 Å². The van der Waals surface area contributed by atoms with Crippen molar-refractivity contribution in [3.8, 4) is 0 Å². The quantitative estimate of drug-likeness (QED) is 0.788. The molecule has 0 bridgehead atoms. The van der Waals surface area contributed by atoms with E-state index in [9.17, 15) is 17.6 Å². The average Bonchev–Trinajstić information content (AvgIpc) is 2.13. The van der Waals surface area contributed by atoms with Crippen LogP contribution in [0, 0.1) is 5.82 Å². The van der Waals surface area contributed by atoms with Crippen molar-refractivity contribution in [2.24, 2.45) is 0 Å². The molecule has 0 heterocycles. The lowest BCUT2D eigenvalue weighted by molar-refractivity contribution is -0.119. The van der Waals surface area contributed by atoms with Crippen molar-refractivity contribution in [1.29, 1.82) is 0 Å². The van der Waals surface area contributed by atoms with Gasteiger partial charge in [0.25, 0.3) is 10.1 Å². The molecule has 0 radical (unpaired) electrons. The molecular weight excluding hydrogens is 249 g/mol. The Morgan fingerprint density at radius 1 is 1.53 bits per heavy atom. The monoisotopic (exact) mass is 261 g/mol. The first-order chi connectivity index (χ1) is 7.78. The van der Waals surface area contributed by atoms with Crippen LogP contribution in [-0.4, -0.2) is 24.6 Å². The summed E-state index contributed by atoms with van der Waals surface area (Å²) in [5, 5.41) is 2.34. The highest BCUT2D eigenvalue weighted by Crippen LogP contribution is 2.16. The minimum absolute atomic E-state index is 0.276. The molecule has 0 fully saturated rings. The van der Waals surface area contributed by atoms with Crippen molar-refractivity contribution in [1.82, 2.24) is 5.32 Å². The van der Waals surface area contributed by atoms with Gasteiger partial charge >= 0.3 is 0 Å². The molecule has 0 aliphatic rings. The van der Waals surface area contributed by atoms with Crippen LogP contribution < -0.4 is 5.32 Å². The molecule has 2 N–H and O–H groups in total. The van der Waals surface area contributed by atoms with E-state index >= 15 is 0 Å². The standard InChI is InChI=1S/C10H12FNO4S/c1-7(13)12-10(6-17(14,15)16)8-3-2-4-9(11)5-8/h2-5,10H,6H2,1H3,(H,12,13)(H,14,15,16). The van der Waals surface area contributed by atoms with Crippen LogP contribution in [0.1, 0.15) is 18.5 Å². The van der Waals surface area contributed by atoms with Crippen LogP contribution in [0.3, 0.4) is 0 Å². The Balaban J connectivity index is 3.01. The second kappa shape index (κ2) is 5.24. The topological polar surface area (TPSA) is 83.5 Å². The number of hydrogen-bond acceptors (Lipinski definition) is 3. The Morgan fingerprint density at radius 3 is 2.65 bits per heavy atom. The second-order valence-electron chi connectivity index (χ2n) is 3.56. The van der Waals surface area contributed by atoms with Gasteiger partial charge in [0.05, 0.1) is 11.8 Å². The lowest BCUT2D eigenvalue weighted by Crippen LogP contribution is -2.31. The summed E-state index contributed by atoms with van der Waals surface area (Å²) in [4.78, 5) is 10.9. The van der Waals surface area contributed by atoms with Crippen molar-refractivity contribution >= 4 is 16.0 Å². The molecule has 1 aromatic rings. The molecule has 1 amide bonds. The Morgan fingerprint density at radius 2 is 2.18 bits per heavy atom. The molecule has 0 aromatic heterocycles. The number of rotatable bonds is 4. The molecule has 17 heavy (non-hydrogen) atoms. The summed E-state index contributed by atoms with van der Waals surface area (Å²) in [6, 6.07) is 4.18. The van der Waals surface area contributed by atoms with Crippen LogP contribution in [0.5, 0.6) is 0 Å². The highest BCUT2D eigenvalue weighted by molar-refractivity contribution is 7.85. The lowest BCUT2D eigenvalue weighted by Gasteiger charge is -2.16. The van der Waals surface area contributed by atoms with Gasteiger partial charge < -0.3 is 5.32 Å². The maximum absolute atomic E-state index is 13.0. The van der Waals surface area contributed by atoms with Gasteiger partial charge in [-0.05, 0) is 17.7 Å². The van der Waals surface area contributed by atoms with Gasteiger partial charge in [0.1, 0.15) is 5.82 Å². The molecule has 0 aliphatic heterocycles. The summed E-state index contributed by atoms with van der Waals surface area (Å²) >= 11 is 0. The third-order valence-electron chi connectivity index (χ3n) is 2.01. The number of hydrogen-bond donors (Lipinski definition) is 2. The number of carbonyl (C=O) groups is 1. The van der Waals surface area contributed by atoms with Crippen LogP contribution in [0.25, 0.3) is 0 Å². The van der Waals surface area contributed by atoms with Gasteiger partial charge in [0.15, 0.2) is 0 Å². The Bertz CT molecular complexity index is 515. The maximum Gasteiger partial charge on any atom is 0.267 e. The van der Waals surface area contributed by atoms with E-state index in [0.29, 0.717) is 0 Å². The maximum atomic E-state index is 13.0. The zero-order chi connectivity index (χ0) is 13.1. The Kier molecular flexibility index (Phi) is 4.19. The fourth-order valence-corrected chi connectivity index (χ4v) is 2.10. The SMILES string of the molecule is CC(=O)NC(CS(=O)(=O)O)c1cccc(F)c1. The Hall–Kier alpha value is -1.47. The predicted octanol–water partition coefficient (Wildman–Crippen LogP) is 0.891. The van der Waals surface area contributed by atoms with Gasteiger partial charge in [0, 0.05) is 6.92 Å². The molecule has 0 saturated heterocycles. The van der Waals surface area contributed by atoms with Crippen molar-refractivity contribution in [3.05, 3.63) is 35.6 Å². The van der Waals surface area contributed by atoms with Gasteiger partial charge in [0.2, 0.25) is 5.91 Å². The second-order valence-corrected chi connectivity index (χ2v) is 5.05. The van der Waals surface area contributed by atoms with Crippen molar-refractivity contribution < 1.29 is 22.2 Å². The minimum Gasteiger partial charge on any atom is -0.348 e. The summed E-state index contributed by atoms with van der Waals surface area (Å²) in [6.07, 6.45) is 0. The van der Waals surface area contributed by atoms with E-state index in [0.717, 1.165) is 6.07 Å².